The number of carbonyl (C=O) groups is 2. The van der Waals surface area contributed by atoms with Gasteiger partial charge in [0, 0.05) is 18.3 Å². The van der Waals surface area contributed by atoms with Crippen molar-refractivity contribution in [1.82, 2.24) is 0 Å². The molecule has 0 radical (unpaired) electrons. The van der Waals surface area contributed by atoms with Crippen LogP contribution in [0, 0.1) is 5.82 Å². The maximum atomic E-state index is 12.8. The first-order valence-corrected chi connectivity index (χ1v) is 7.05. The van der Waals surface area contributed by atoms with E-state index in [1.807, 2.05) is 0 Å². The molecule has 2 amide bonds. The second-order valence-corrected chi connectivity index (χ2v) is 4.96. The Hall–Kier alpha value is -2.89. The minimum atomic E-state index is -0.740. The third kappa shape index (κ3) is 5.10. The molecule has 0 saturated carbocycles. The molecule has 6 heteroatoms. The van der Waals surface area contributed by atoms with E-state index in [-0.39, 0.29) is 17.6 Å². The van der Waals surface area contributed by atoms with Crippen molar-refractivity contribution in [1.29, 1.82) is 0 Å². The molecule has 1 atom stereocenters. The van der Waals surface area contributed by atoms with Crippen LogP contribution < -0.4 is 15.4 Å². The van der Waals surface area contributed by atoms with Crippen molar-refractivity contribution in [2.24, 2.45) is 0 Å². The molecule has 5 nitrogen and oxygen atoms in total. The van der Waals surface area contributed by atoms with Crippen molar-refractivity contribution < 1.29 is 18.7 Å². The number of carbonyl (C=O) groups excluding carboxylic acids is 2. The van der Waals surface area contributed by atoms with Crippen molar-refractivity contribution >= 4 is 23.2 Å². The van der Waals surface area contributed by atoms with E-state index in [9.17, 15) is 14.0 Å². The molecular formula is C17H17FN2O3. The molecule has 0 aliphatic rings. The van der Waals surface area contributed by atoms with E-state index in [4.69, 9.17) is 4.74 Å². The molecule has 0 aromatic heterocycles. The van der Waals surface area contributed by atoms with Crippen molar-refractivity contribution in [3.8, 4) is 5.75 Å². The maximum Gasteiger partial charge on any atom is 0.265 e. The average Bonchev–Trinajstić information content (AvgIpc) is 2.51. The Kier molecular flexibility index (Phi) is 5.30. The van der Waals surface area contributed by atoms with Gasteiger partial charge in [0.1, 0.15) is 11.6 Å². The smallest absolute Gasteiger partial charge is 0.265 e. The molecule has 0 saturated heterocycles. The molecule has 2 aromatic rings. The third-order valence-electron chi connectivity index (χ3n) is 2.97. The fourth-order valence-corrected chi connectivity index (χ4v) is 1.85. The van der Waals surface area contributed by atoms with Crippen LogP contribution in [0.5, 0.6) is 5.75 Å². The van der Waals surface area contributed by atoms with E-state index < -0.39 is 6.10 Å². The van der Waals surface area contributed by atoms with Gasteiger partial charge in [-0.2, -0.15) is 0 Å². The van der Waals surface area contributed by atoms with Gasteiger partial charge in [-0.1, -0.05) is 0 Å². The lowest BCUT2D eigenvalue weighted by Gasteiger charge is -2.15. The zero-order valence-electron chi connectivity index (χ0n) is 12.8. The van der Waals surface area contributed by atoms with E-state index >= 15 is 0 Å². The standard InChI is InChI=1S/C17H17FN2O3/c1-11(23-16-9-3-13(18)4-10-16)17(22)20-15-7-5-14(6-8-15)19-12(2)21/h3-11H,1-2H3,(H,19,21)(H,20,22)/t11-/m1/s1. The van der Waals surface area contributed by atoms with Crippen LogP contribution in [0.1, 0.15) is 13.8 Å². The monoisotopic (exact) mass is 316 g/mol. The van der Waals surface area contributed by atoms with E-state index in [0.29, 0.717) is 17.1 Å². The molecule has 0 bridgehead atoms. The second kappa shape index (κ2) is 7.40. The Bertz CT molecular complexity index is 684. The van der Waals surface area contributed by atoms with Gasteiger partial charge in [0.2, 0.25) is 5.91 Å². The topological polar surface area (TPSA) is 67.4 Å². The largest absolute Gasteiger partial charge is 0.481 e. The van der Waals surface area contributed by atoms with Gasteiger partial charge >= 0.3 is 0 Å². The molecule has 0 unspecified atom stereocenters. The molecule has 0 aliphatic carbocycles. The molecule has 0 spiro atoms. The van der Waals surface area contributed by atoms with Crippen LogP contribution in [0.2, 0.25) is 0 Å². The number of ether oxygens (including phenoxy) is 1. The van der Waals surface area contributed by atoms with Gasteiger partial charge in [0.25, 0.3) is 5.91 Å². The highest BCUT2D eigenvalue weighted by atomic mass is 19.1. The van der Waals surface area contributed by atoms with Crippen LogP contribution >= 0.6 is 0 Å². The summed E-state index contributed by atoms with van der Waals surface area (Å²) in [5, 5.41) is 5.34. The minimum absolute atomic E-state index is 0.164. The normalized spacial score (nSPS) is 11.4. The number of rotatable bonds is 5. The lowest BCUT2D eigenvalue weighted by molar-refractivity contribution is -0.122. The third-order valence-corrected chi connectivity index (χ3v) is 2.97. The highest BCUT2D eigenvalue weighted by Crippen LogP contribution is 2.16. The quantitative estimate of drug-likeness (QED) is 0.890. The van der Waals surface area contributed by atoms with Gasteiger partial charge < -0.3 is 15.4 Å². The van der Waals surface area contributed by atoms with Gasteiger partial charge in [-0.05, 0) is 55.5 Å². The zero-order valence-corrected chi connectivity index (χ0v) is 12.8. The molecule has 0 aliphatic heterocycles. The van der Waals surface area contributed by atoms with E-state index in [2.05, 4.69) is 10.6 Å². The molecular weight excluding hydrogens is 299 g/mol. The molecule has 2 rings (SSSR count). The van der Waals surface area contributed by atoms with E-state index in [0.717, 1.165) is 0 Å². The molecule has 0 fully saturated rings. The van der Waals surface area contributed by atoms with Crippen molar-refractivity contribution in [3.63, 3.8) is 0 Å². The Morgan fingerprint density at radius 3 is 2.00 bits per heavy atom. The van der Waals surface area contributed by atoms with Crippen LogP contribution in [0.3, 0.4) is 0 Å². The highest BCUT2D eigenvalue weighted by Gasteiger charge is 2.15. The molecule has 120 valence electrons. The van der Waals surface area contributed by atoms with Gasteiger partial charge in [-0.15, -0.1) is 0 Å². The number of amides is 2. The summed E-state index contributed by atoms with van der Waals surface area (Å²) < 4.78 is 18.3. The average molecular weight is 316 g/mol. The Morgan fingerprint density at radius 2 is 1.48 bits per heavy atom. The Morgan fingerprint density at radius 1 is 0.957 bits per heavy atom. The minimum Gasteiger partial charge on any atom is -0.481 e. The number of hydrogen-bond donors (Lipinski definition) is 2. The predicted octanol–water partition coefficient (Wildman–Crippen LogP) is 3.19. The molecule has 2 N–H and O–H groups in total. The lowest BCUT2D eigenvalue weighted by Crippen LogP contribution is -2.30. The predicted molar refractivity (Wildman–Crippen MR) is 85.9 cm³/mol. The Labute approximate surface area is 133 Å². The van der Waals surface area contributed by atoms with Gasteiger partial charge in [0.05, 0.1) is 0 Å². The zero-order chi connectivity index (χ0) is 16.8. The fraction of sp³-hybridized carbons (Fsp3) is 0.176. The number of hydrogen-bond acceptors (Lipinski definition) is 3. The maximum absolute atomic E-state index is 12.8. The summed E-state index contributed by atoms with van der Waals surface area (Å²) in [5.41, 5.74) is 1.23. The van der Waals surface area contributed by atoms with Crippen LogP contribution in [0.4, 0.5) is 15.8 Å². The number of anilines is 2. The van der Waals surface area contributed by atoms with Crippen LogP contribution in [0.15, 0.2) is 48.5 Å². The fourth-order valence-electron chi connectivity index (χ4n) is 1.85. The Balaban J connectivity index is 1.92. The highest BCUT2D eigenvalue weighted by molar-refractivity contribution is 5.94. The SMILES string of the molecule is CC(=O)Nc1ccc(NC(=O)[C@@H](C)Oc2ccc(F)cc2)cc1. The van der Waals surface area contributed by atoms with Crippen molar-refractivity contribution in [3.05, 3.63) is 54.3 Å². The lowest BCUT2D eigenvalue weighted by atomic mass is 10.2. The summed E-state index contributed by atoms with van der Waals surface area (Å²) in [7, 11) is 0. The summed E-state index contributed by atoms with van der Waals surface area (Å²) in [6.45, 7) is 3.02. The molecule has 0 heterocycles. The molecule has 2 aromatic carbocycles. The van der Waals surface area contributed by atoms with Gasteiger partial charge in [-0.25, -0.2) is 4.39 Å². The number of benzene rings is 2. The summed E-state index contributed by atoms with van der Waals surface area (Å²) in [6.07, 6.45) is -0.740. The van der Waals surface area contributed by atoms with Gasteiger partial charge in [0.15, 0.2) is 6.10 Å². The summed E-state index contributed by atoms with van der Waals surface area (Å²) in [4.78, 5) is 23.0. The first-order chi connectivity index (χ1) is 10.9. The number of halogens is 1. The van der Waals surface area contributed by atoms with Gasteiger partial charge in [-0.3, -0.25) is 9.59 Å². The second-order valence-electron chi connectivity index (χ2n) is 4.96. The summed E-state index contributed by atoms with van der Waals surface area (Å²) in [5.74, 6) is -0.450. The summed E-state index contributed by atoms with van der Waals surface area (Å²) >= 11 is 0. The molecule has 23 heavy (non-hydrogen) atoms. The van der Waals surface area contributed by atoms with Crippen molar-refractivity contribution in [2.45, 2.75) is 20.0 Å². The van der Waals surface area contributed by atoms with Crippen LogP contribution in [0.25, 0.3) is 0 Å². The number of nitrogens with one attached hydrogen (secondary N) is 2. The summed E-state index contributed by atoms with van der Waals surface area (Å²) in [6, 6.07) is 12.2. The van der Waals surface area contributed by atoms with Crippen LogP contribution in [-0.4, -0.2) is 17.9 Å². The van der Waals surface area contributed by atoms with E-state index in [1.54, 1.807) is 31.2 Å². The van der Waals surface area contributed by atoms with E-state index in [1.165, 1.54) is 31.2 Å². The first kappa shape index (κ1) is 16.5. The first-order valence-electron chi connectivity index (χ1n) is 7.05. The van der Waals surface area contributed by atoms with Crippen molar-refractivity contribution in [2.75, 3.05) is 10.6 Å². The van der Waals surface area contributed by atoms with Crippen LogP contribution in [-0.2, 0) is 9.59 Å².